The predicted molar refractivity (Wildman–Crippen MR) is 228 cm³/mol. The van der Waals surface area contributed by atoms with E-state index in [1.807, 2.05) is 0 Å². The first-order chi connectivity index (χ1) is 29.4. The fourth-order valence-corrected chi connectivity index (χ4v) is 6.27. The zero-order valence-corrected chi connectivity index (χ0v) is 35.7. The molecule has 8 atom stereocenters. The van der Waals surface area contributed by atoms with Crippen LogP contribution in [-0.2, 0) is 56.0 Å². The quantitative estimate of drug-likeness (QED) is 0.0283. The molecule has 0 radical (unpaired) electrons. The smallest absolute Gasteiger partial charge is 0.326 e. The minimum absolute atomic E-state index is 0.0818. The number of carboxylic acids is 1. The highest BCUT2D eigenvalue weighted by Crippen LogP contribution is 2.12. The van der Waals surface area contributed by atoms with Crippen molar-refractivity contribution in [2.75, 3.05) is 12.3 Å². The van der Waals surface area contributed by atoms with E-state index in [1.54, 1.807) is 44.2 Å². The number of nitrogens with one attached hydrogen (secondary N) is 7. The van der Waals surface area contributed by atoms with Crippen molar-refractivity contribution in [1.29, 1.82) is 0 Å². The number of aromatic nitrogens is 2. The Morgan fingerprint density at radius 3 is 1.87 bits per heavy atom. The van der Waals surface area contributed by atoms with Gasteiger partial charge >= 0.3 is 5.97 Å². The summed E-state index contributed by atoms with van der Waals surface area (Å²) in [7, 11) is 0. The molecule has 0 aliphatic carbocycles. The molecule has 0 unspecified atom stereocenters. The number of primary amides is 2. The lowest BCUT2D eigenvalue weighted by Gasteiger charge is -2.29. The monoisotopic (exact) mass is 888 g/mol. The molecule has 16 N–H and O–H groups in total. The molecule has 0 fully saturated rings. The lowest BCUT2D eigenvalue weighted by molar-refractivity contribution is -0.142. The highest BCUT2D eigenvalue weighted by molar-refractivity contribution is 7.80. The van der Waals surface area contributed by atoms with Crippen LogP contribution < -0.4 is 54.8 Å². The molecule has 0 saturated carbocycles. The number of rotatable bonds is 29. The van der Waals surface area contributed by atoms with Crippen LogP contribution in [0.1, 0.15) is 70.1 Å². The van der Waals surface area contributed by atoms with Gasteiger partial charge in [0.25, 0.3) is 0 Å². The summed E-state index contributed by atoms with van der Waals surface area (Å²) >= 11 is 4.16. The number of benzene rings is 1. The Labute approximate surface area is 364 Å². The van der Waals surface area contributed by atoms with Gasteiger partial charge in [-0.15, -0.1) is 0 Å². The molecule has 1 aromatic heterocycles. The lowest BCUT2D eigenvalue weighted by atomic mass is 9.96. The third-order valence-electron chi connectivity index (χ3n) is 9.77. The van der Waals surface area contributed by atoms with Gasteiger partial charge in [-0.3, -0.25) is 38.4 Å². The number of hydrogen-bond acceptors (Lipinski definition) is 13. The second-order valence-electron chi connectivity index (χ2n) is 14.7. The van der Waals surface area contributed by atoms with Crippen molar-refractivity contribution in [3.8, 4) is 0 Å². The molecule has 0 saturated heterocycles. The van der Waals surface area contributed by atoms with Crippen LogP contribution in [0.5, 0.6) is 0 Å². The van der Waals surface area contributed by atoms with Gasteiger partial charge in [-0.05, 0) is 50.1 Å². The molecule has 1 aromatic carbocycles. The Hall–Kier alpha value is -6.07. The van der Waals surface area contributed by atoms with Crippen LogP contribution in [-0.4, -0.2) is 123 Å². The Kier molecular flexibility index (Phi) is 22.7. The molecule has 62 heavy (non-hydrogen) atoms. The summed E-state index contributed by atoms with van der Waals surface area (Å²) in [6.45, 7) is 3.67. The van der Waals surface area contributed by atoms with Gasteiger partial charge in [-0.1, -0.05) is 50.6 Å². The minimum Gasteiger partial charge on any atom is -0.480 e. The van der Waals surface area contributed by atoms with Gasteiger partial charge in [0.1, 0.15) is 36.3 Å². The van der Waals surface area contributed by atoms with Crippen LogP contribution in [0.25, 0.3) is 0 Å². The number of nitrogens with two attached hydrogens (primary N) is 4. The molecule has 8 amide bonds. The van der Waals surface area contributed by atoms with Gasteiger partial charge in [-0.2, -0.15) is 12.6 Å². The highest BCUT2D eigenvalue weighted by Gasteiger charge is 2.35. The number of amides is 8. The molecule has 1 heterocycles. The van der Waals surface area contributed by atoms with E-state index >= 15 is 0 Å². The van der Waals surface area contributed by atoms with Crippen molar-refractivity contribution in [3.05, 3.63) is 54.1 Å². The standard InChI is InChI=1S/C39H60N12O10S/c1-3-21(2)32(51-36(57)28(17-31(43)53)48-33(54)24(41)15-22-9-5-4-6-10-22)38(59)46-25(12-13-30(42)52)34(55)49-27(16-23-18-44-20-45-23)35(56)50-29(19-62)37(58)47-26(39(60)61)11-7-8-14-40/h4-6,9-10,18,20-21,24-29,32,62H,3,7-8,11-17,19,40-41H2,1-2H3,(H2,42,52)(H2,43,53)(H,44,45)(H,46,59)(H,47,58)(H,48,54)(H,49,55)(H,50,56)(H,51,57)(H,60,61)/t21-,24-,25-,26-,27-,28-,29-,32-/m0/s1. The number of imidazole rings is 1. The summed E-state index contributed by atoms with van der Waals surface area (Å²) in [6, 6.07) is -0.781. The molecule has 23 heteroatoms. The zero-order chi connectivity index (χ0) is 46.4. The van der Waals surface area contributed by atoms with E-state index in [0.29, 0.717) is 31.5 Å². The molecule has 0 bridgehead atoms. The maximum Gasteiger partial charge on any atom is 0.326 e. The van der Waals surface area contributed by atoms with Crippen LogP contribution >= 0.6 is 12.6 Å². The maximum atomic E-state index is 14.0. The van der Waals surface area contributed by atoms with E-state index in [2.05, 4.69) is 54.5 Å². The zero-order valence-electron chi connectivity index (χ0n) is 34.8. The van der Waals surface area contributed by atoms with Crippen molar-refractivity contribution >= 4 is 65.9 Å². The number of hydrogen-bond donors (Lipinski definition) is 13. The summed E-state index contributed by atoms with van der Waals surface area (Å²) in [4.78, 5) is 124. The number of H-pyrrole nitrogens is 1. The molecule has 22 nitrogen and oxygen atoms in total. The molecule has 342 valence electrons. The number of carbonyl (C=O) groups excluding carboxylic acids is 8. The van der Waals surface area contributed by atoms with E-state index in [-0.39, 0.29) is 31.4 Å². The normalized spacial score (nSPS) is 14.9. The van der Waals surface area contributed by atoms with E-state index in [9.17, 15) is 48.3 Å². The SMILES string of the molecule is CC[C@H](C)[C@H](NC(=O)[C@H](CC(N)=O)NC(=O)[C@@H](N)Cc1ccccc1)C(=O)N[C@@H](CCC(N)=O)C(=O)N[C@@H](Cc1cnc[nH]1)C(=O)N[C@@H](CS)C(=O)N[C@@H](CCCCN)C(=O)O. The van der Waals surface area contributed by atoms with Crippen molar-refractivity contribution in [3.63, 3.8) is 0 Å². The Morgan fingerprint density at radius 2 is 1.31 bits per heavy atom. The molecule has 0 spiro atoms. The summed E-state index contributed by atoms with van der Waals surface area (Å²) in [5, 5.41) is 24.5. The predicted octanol–water partition coefficient (Wildman–Crippen LogP) is -3.24. The lowest BCUT2D eigenvalue weighted by Crippen LogP contribution is -2.61. The Bertz CT molecular complexity index is 1820. The largest absolute Gasteiger partial charge is 0.480 e. The number of carbonyl (C=O) groups is 9. The number of carboxylic acid groups (broad SMARTS) is 1. The fourth-order valence-electron chi connectivity index (χ4n) is 6.01. The first kappa shape index (κ1) is 52.1. The first-order valence-corrected chi connectivity index (χ1v) is 20.7. The Morgan fingerprint density at radius 1 is 0.726 bits per heavy atom. The van der Waals surface area contributed by atoms with Gasteiger partial charge < -0.3 is 64.9 Å². The maximum absolute atomic E-state index is 14.0. The van der Waals surface area contributed by atoms with Gasteiger partial charge in [0.2, 0.25) is 47.3 Å². The van der Waals surface area contributed by atoms with Crippen molar-refractivity contribution < 1.29 is 48.3 Å². The number of unbranched alkanes of at least 4 members (excludes halogenated alkanes) is 1. The Balaban J connectivity index is 2.32. The van der Waals surface area contributed by atoms with E-state index in [4.69, 9.17) is 22.9 Å². The molecule has 0 aliphatic heterocycles. The van der Waals surface area contributed by atoms with Gasteiger partial charge in [0.15, 0.2) is 0 Å². The number of nitrogens with zero attached hydrogens (tertiary/aromatic N) is 1. The number of thiol groups is 1. The van der Waals surface area contributed by atoms with Crippen LogP contribution in [0.2, 0.25) is 0 Å². The number of aliphatic carboxylic acids is 1. The third kappa shape index (κ3) is 18.3. The molecular formula is C39H60N12O10S. The summed E-state index contributed by atoms with van der Waals surface area (Å²) in [5.74, 6) is -9.24. The topological polar surface area (TPSA) is 379 Å². The highest BCUT2D eigenvalue weighted by atomic mass is 32.1. The van der Waals surface area contributed by atoms with Crippen LogP contribution in [0, 0.1) is 5.92 Å². The van der Waals surface area contributed by atoms with Gasteiger partial charge in [0, 0.05) is 30.5 Å². The van der Waals surface area contributed by atoms with E-state index < -0.39 is 114 Å². The van der Waals surface area contributed by atoms with Crippen molar-refractivity contribution in [2.24, 2.45) is 28.9 Å². The third-order valence-corrected chi connectivity index (χ3v) is 10.1. The second-order valence-corrected chi connectivity index (χ2v) is 15.1. The van der Waals surface area contributed by atoms with Gasteiger partial charge in [0.05, 0.1) is 18.8 Å². The molecule has 2 aromatic rings. The first-order valence-electron chi connectivity index (χ1n) is 20.1. The van der Waals surface area contributed by atoms with Crippen molar-refractivity contribution in [1.82, 2.24) is 41.9 Å². The second kappa shape index (κ2) is 27.0. The average molecular weight is 889 g/mol. The average Bonchev–Trinajstić information content (AvgIpc) is 3.75. The fraction of sp³-hybridized carbons (Fsp3) is 0.538. The summed E-state index contributed by atoms with van der Waals surface area (Å²) < 4.78 is 0. The number of aromatic amines is 1. The molecule has 2 rings (SSSR count). The van der Waals surface area contributed by atoms with Crippen molar-refractivity contribution in [2.45, 2.75) is 114 Å². The van der Waals surface area contributed by atoms with Crippen LogP contribution in [0.15, 0.2) is 42.9 Å². The summed E-state index contributed by atoms with van der Waals surface area (Å²) in [6.07, 6.45) is 2.56. The van der Waals surface area contributed by atoms with E-state index in [0.717, 1.165) is 5.56 Å². The van der Waals surface area contributed by atoms with E-state index in [1.165, 1.54) is 12.5 Å². The summed E-state index contributed by atoms with van der Waals surface area (Å²) in [5.41, 5.74) is 23.5. The molecular weight excluding hydrogens is 829 g/mol. The van der Waals surface area contributed by atoms with Crippen LogP contribution in [0.3, 0.4) is 0 Å². The molecule has 0 aliphatic rings. The van der Waals surface area contributed by atoms with Gasteiger partial charge in [-0.25, -0.2) is 9.78 Å². The van der Waals surface area contributed by atoms with Crippen LogP contribution in [0.4, 0.5) is 0 Å². The minimum atomic E-state index is -1.54.